The summed E-state index contributed by atoms with van der Waals surface area (Å²) in [6.45, 7) is 4.62. The number of carbonyl (C=O) groups excluding carboxylic acids is 1. The van der Waals surface area contributed by atoms with E-state index < -0.39 is 20.0 Å². The SMILES string of the molecule is CCCCCCCCC/C=C\CCCCCCCC(=O)NC(COP(=O)([O-])OCC[N+](C)(C)C)C(O)/C=C/CCCCCCCCCCCC. The molecule has 0 aliphatic heterocycles. The van der Waals surface area contributed by atoms with E-state index >= 15 is 0 Å². The van der Waals surface area contributed by atoms with Gasteiger partial charge < -0.3 is 28.8 Å². The molecule has 0 heterocycles. The van der Waals surface area contributed by atoms with Gasteiger partial charge in [0.1, 0.15) is 13.2 Å². The Bertz CT molecular complexity index is 876. The average Bonchev–Trinajstić information content (AvgIpc) is 3.06. The molecule has 2 N–H and O–H groups in total. The maximum atomic E-state index is 12.8. The molecule has 8 nitrogen and oxygen atoms in total. The summed E-state index contributed by atoms with van der Waals surface area (Å²) in [5, 5.41) is 13.7. The molecule has 0 saturated heterocycles. The number of hydrogen-bond acceptors (Lipinski definition) is 6. The number of amides is 1. The smallest absolute Gasteiger partial charge is 0.268 e. The quantitative estimate of drug-likeness (QED) is 0.0285. The molecule has 296 valence electrons. The lowest BCUT2D eigenvalue weighted by molar-refractivity contribution is -0.870. The second kappa shape index (κ2) is 33.8. The first kappa shape index (κ1) is 49.0. The summed E-state index contributed by atoms with van der Waals surface area (Å²) in [7, 11) is 1.25. The van der Waals surface area contributed by atoms with Crippen LogP contribution in [0.15, 0.2) is 24.3 Å². The highest BCUT2D eigenvalue weighted by Crippen LogP contribution is 2.38. The van der Waals surface area contributed by atoms with Crippen LogP contribution < -0.4 is 10.2 Å². The van der Waals surface area contributed by atoms with Crippen molar-refractivity contribution >= 4 is 13.7 Å². The van der Waals surface area contributed by atoms with Gasteiger partial charge in [-0.1, -0.05) is 154 Å². The van der Waals surface area contributed by atoms with E-state index in [0.29, 0.717) is 17.4 Å². The largest absolute Gasteiger partial charge is 0.756 e. The number of aliphatic hydroxyl groups is 1. The van der Waals surface area contributed by atoms with Gasteiger partial charge in [-0.3, -0.25) is 9.36 Å². The molecule has 50 heavy (non-hydrogen) atoms. The number of hydrogen-bond donors (Lipinski definition) is 2. The van der Waals surface area contributed by atoms with Gasteiger partial charge in [-0.25, -0.2) is 0 Å². The highest BCUT2D eigenvalue weighted by Gasteiger charge is 2.23. The fourth-order valence-corrected chi connectivity index (χ4v) is 6.52. The molecule has 0 saturated carbocycles. The van der Waals surface area contributed by atoms with Crippen molar-refractivity contribution in [3.05, 3.63) is 24.3 Å². The number of aliphatic hydroxyl groups excluding tert-OH is 1. The van der Waals surface area contributed by atoms with Crippen molar-refractivity contribution < 1.29 is 32.9 Å². The van der Waals surface area contributed by atoms with Crippen molar-refractivity contribution in [2.45, 2.75) is 193 Å². The fraction of sp³-hybridized carbons (Fsp3) is 0.878. The van der Waals surface area contributed by atoms with Crippen molar-refractivity contribution in [2.75, 3.05) is 40.9 Å². The predicted octanol–water partition coefficient (Wildman–Crippen LogP) is 10.3. The van der Waals surface area contributed by atoms with Gasteiger partial charge in [-0.2, -0.15) is 0 Å². The Morgan fingerprint density at radius 3 is 1.56 bits per heavy atom. The van der Waals surface area contributed by atoms with Crippen LogP contribution in [-0.2, 0) is 18.4 Å². The van der Waals surface area contributed by atoms with Gasteiger partial charge in [-0.15, -0.1) is 0 Å². The van der Waals surface area contributed by atoms with Gasteiger partial charge in [0.05, 0.1) is 39.9 Å². The molecule has 0 radical (unpaired) electrons. The molecule has 0 aromatic heterocycles. The number of rotatable bonds is 37. The third-order valence-electron chi connectivity index (χ3n) is 9.16. The van der Waals surface area contributed by atoms with E-state index in [1.165, 1.54) is 109 Å². The van der Waals surface area contributed by atoms with Gasteiger partial charge in [0.25, 0.3) is 7.82 Å². The van der Waals surface area contributed by atoms with Gasteiger partial charge >= 0.3 is 0 Å². The van der Waals surface area contributed by atoms with Crippen LogP contribution >= 0.6 is 7.82 Å². The maximum absolute atomic E-state index is 12.8. The number of phosphoric acid groups is 1. The second-order valence-electron chi connectivity index (χ2n) is 15.3. The van der Waals surface area contributed by atoms with Crippen molar-refractivity contribution in [2.24, 2.45) is 0 Å². The molecular formula is C41H81N2O6P. The molecule has 0 spiro atoms. The summed E-state index contributed by atoms with van der Waals surface area (Å²) in [6, 6.07) is -0.886. The van der Waals surface area contributed by atoms with Crippen LogP contribution in [0.5, 0.6) is 0 Å². The molecule has 0 aromatic rings. The third kappa shape index (κ3) is 35.4. The molecular weight excluding hydrogens is 647 g/mol. The van der Waals surface area contributed by atoms with E-state index in [-0.39, 0.29) is 19.1 Å². The minimum absolute atomic E-state index is 0.00183. The average molecular weight is 729 g/mol. The predicted molar refractivity (Wildman–Crippen MR) is 210 cm³/mol. The molecule has 3 unspecified atom stereocenters. The van der Waals surface area contributed by atoms with Crippen molar-refractivity contribution in [1.82, 2.24) is 5.32 Å². The monoisotopic (exact) mass is 729 g/mol. The van der Waals surface area contributed by atoms with E-state index in [1.807, 2.05) is 27.2 Å². The van der Waals surface area contributed by atoms with Gasteiger partial charge in [0, 0.05) is 6.42 Å². The van der Waals surface area contributed by atoms with Crippen LogP contribution in [0, 0.1) is 0 Å². The molecule has 9 heteroatoms. The first-order chi connectivity index (χ1) is 24.0. The Hall–Kier alpha value is -1.02. The minimum Gasteiger partial charge on any atom is -0.756 e. The van der Waals surface area contributed by atoms with E-state index in [1.54, 1.807) is 6.08 Å². The van der Waals surface area contributed by atoms with Crippen molar-refractivity contribution in [3.63, 3.8) is 0 Å². The number of phosphoric ester groups is 1. The van der Waals surface area contributed by atoms with E-state index in [0.717, 1.165) is 51.4 Å². The van der Waals surface area contributed by atoms with Gasteiger partial charge in [-0.05, 0) is 44.9 Å². The van der Waals surface area contributed by atoms with Crippen LogP contribution in [0.1, 0.15) is 181 Å². The zero-order chi connectivity index (χ0) is 37.2. The lowest BCUT2D eigenvalue weighted by Crippen LogP contribution is -2.45. The second-order valence-corrected chi connectivity index (χ2v) is 16.8. The summed E-state index contributed by atoms with van der Waals surface area (Å²) < 4.78 is 23.1. The number of carbonyl (C=O) groups is 1. The number of unbranched alkanes of at least 4 members (excludes halogenated alkanes) is 22. The zero-order valence-corrected chi connectivity index (χ0v) is 34.2. The highest BCUT2D eigenvalue weighted by atomic mass is 31.2. The summed E-state index contributed by atoms with van der Waals surface area (Å²) >= 11 is 0. The first-order valence-electron chi connectivity index (χ1n) is 20.7. The number of quaternary nitrogens is 1. The van der Waals surface area contributed by atoms with Crippen LogP contribution in [0.2, 0.25) is 0 Å². The molecule has 3 atom stereocenters. The normalized spacial score (nSPS) is 14.8. The van der Waals surface area contributed by atoms with E-state index in [2.05, 4.69) is 31.3 Å². The van der Waals surface area contributed by atoms with Gasteiger partial charge in [0.2, 0.25) is 5.91 Å². The Morgan fingerprint density at radius 1 is 0.680 bits per heavy atom. The molecule has 0 rings (SSSR count). The summed E-state index contributed by atoms with van der Waals surface area (Å²) in [6.07, 6.45) is 37.8. The van der Waals surface area contributed by atoms with Crippen LogP contribution in [0.25, 0.3) is 0 Å². The minimum atomic E-state index is -4.58. The Labute approximate surface area is 309 Å². The zero-order valence-electron chi connectivity index (χ0n) is 33.4. The molecule has 0 bridgehead atoms. The van der Waals surface area contributed by atoms with Crippen LogP contribution in [0.4, 0.5) is 0 Å². The van der Waals surface area contributed by atoms with Crippen LogP contribution in [0.3, 0.4) is 0 Å². The summed E-state index contributed by atoms with van der Waals surface area (Å²) in [4.78, 5) is 25.2. The number of nitrogens with zero attached hydrogens (tertiary/aromatic N) is 1. The Morgan fingerprint density at radius 2 is 1.10 bits per heavy atom. The highest BCUT2D eigenvalue weighted by molar-refractivity contribution is 7.45. The Balaban J connectivity index is 4.48. The fourth-order valence-electron chi connectivity index (χ4n) is 5.79. The van der Waals surface area contributed by atoms with Crippen molar-refractivity contribution in [1.29, 1.82) is 0 Å². The molecule has 0 fully saturated rings. The number of nitrogens with one attached hydrogen (secondary N) is 1. The van der Waals surface area contributed by atoms with Crippen LogP contribution in [-0.4, -0.2) is 68.5 Å². The standard InChI is InChI=1S/C41H81N2O6P/c1-6-8-10-12-14-16-18-20-21-22-23-25-27-29-31-33-35-41(45)42-39(38-49-50(46,47)48-37-36-43(3,4)5)40(44)34-32-30-28-26-24-19-17-15-13-11-9-7-2/h21-22,32,34,39-40,44H,6-20,23-31,33,35-38H2,1-5H3,(H-,42,45,46,47)/b22-21-,34-32+. The lowest BCUT2D eigenvalue weighted by atomic mass is 10.1. The molecule has 1 amide bonds. The topological polar surface area (TPSA) is 108 Å². The molecule has 0 aliphatic rings. The summed E-state index contributed by atoms with van der Waals surface area (Å²) in [5.74, 6) is -0.208. The number of likely N-dealkylation sites (N-methyl/N-ethyl adjacent to an activating group) is 1. The summed E-state index contributed by atoms with van der Waals surface area (Å²) in [5.41, 5.74) is 0. The lowest BCUT2D eigenvalue weighted by Gasteiger charge is -2.29. The van der Waals surface area contributed by atoms with E-state index in [4.69, 9.17) is 9.05 Å². The first-order valence-corrected chi connectivity index (χ1v) is 22.2. The molecule has 0 aromatic carbocycles. The van der Waals surface area contributed by atoms with Crippen molar-refractivity contribution in [3.8, 4) is 0 Å². The molecule has 0 aliphatic carbocycles. The Kier molecular flexibility index (Phi) is 33.1. The van der Waals surface area contributed by atoms with Gasteiger partial charge in [0.15, 0.2) is 0 Å². The maximum Gasteiger partial charge on any atom is 0.268 e. The van der Waals surface area contributed by atoms with E-state index in [9.17, 15) is 19.4 Å². The number of allylic oxidation sites excluding steroid dienone is 3. The third-order valence-corrected chi connectivity index (χ3v) is 10.1.